The molecule has 94 valence electrons. The number of hydrogen-bond acceptors (Lipinski definition) is 5. The second-order valence-electron chi connectivity index (χ2n) is 4.21. The smallest absolute Gasteiger partial charge is 0.310 e. The van der Waals surface area contributed by atoms with Gasteiger partial charge in [0.05, 0.1) is 17.6 Å². The van der Waals surface area contributed by atoms with Crippen LogP contribution < -0.4 is 4.90 Å². The first-order chi connectivity index (χ1) is 8.69. The fraction of sp³-hybridized carbons (Fsp3) is 0.417. The van der Waals surface area contributed by atoms with Crippen molar-refractivity contribution >= 4 is 11.4 Å². The lowest BCUT2D eigenvalue weighted by Gasteiger charge is -2.24. The molecule has 1 fully saturated rings. The van der Waals surface area contributed by atoms with Gasteiger partial charge in [-0.25, -0.2) is 0 Å². The van der Waals surface area contributed by atoms with Crippen molar-refractivity contribution in [2.24, 2.45) is 0 Å². The Balaban J connectivity index is 2.51. The molecule has 1 aliphatic rings. The van der Waals surface area contributed by atoms with E-state index in [2.05, 4.69) is 0 Å². The van der Waals surface area contributed by atoms with Gasteiger partial charge in [0.15, 0.2) is 0 Å². The average molecular weight is 247 g/mol. The van der Waals surface area contributed by atoms with Crippen LogP contribution in [0.5, 0.6) is 0 Å². The van der Waals surface area contributed by atoms with Crippen molar-refractivity contribution in [1.29, 1.82) is 5.26 Å². The molecule has 0 aromatic heterocycles. The van der Waals surface area contributed by atoms with Crippen LogP contribution in [0.1, 0.15) is 18.4 Å². The number of nitrogens with zero attached hydrogens (tertiary/aromatic N) is 3. The Morgan fingerprint density at radius 1 is 1.61 bits per heavy atom. The predicted molar refractivity (Wildman–Crippen MR) is 65.3 cm³/mol. The van der Waals surface area contributed by atoms with Gasteiger partial charge in [0.1, 0.15) is 17.3 Å². The van der Waals surface area contributed by atoms with Crippen molar-refractivity contribution in [2.75, 3.05) is 18.1 Å². The quantitative estimate of drug-likeness (QED) is 0.644. The first kappa shape index (κ1) is 12.3. The Morgan fingerprint density at radius 2 is 2.39 bits per heavy atom. The number of benzene rings is 1. The van der Waals surface area contributed by atoms with Crippen molar-refractivity contribution in [2.45, 2.75) is 18.9 Å². The highest BCUT2D eigenvalue weighted by Crippen LogP contribution is 2.35. The molecule has 0 radical (unpaired) electrons. The molecule has 1 atom stereocenters. The molecule has 0 bridgehead atoms. The molecule has 1 heterocycles. The maximum Gasteiger partial charge on any atom is 0.310 e. The van der Waals surface area contributed by atoms with Crippen molar-refractivity contribution in [1.82, 2.24) is 0 Å². The van der Waals surface area contributed by atoms with Gasteiger partial charge >= 0.3 is 5.69 Å². The van der Waals surface area contributed by atoms with Crippen LogP contribution in [0.3, 0.4) is 0 Å². The van der Waals surface area contributed by atoms with Crippen LogP contribution in [0.15, 0.2) is 18.2 Å². The third-order valence-electron chi connectivity index (χ3n) is 3.22. The highest BCUT2D eigenvalue weighted by Gasteiger charge is 2.30. The first-order valence-corrected chi connectivity index (χ1v) is 5.74. The van der Waals surface area contributed by atoms with E-state index in [1.54, 1.807) is 12.1 Å². The highest BCUT2D eigenvalue weighted by atomic mass is 16.6. The Morgan fingerprint density at radius 3 is 3.00 bits per heavy atom. The lowest BCUT2D eigenvalue weighted by Crippen LogP contribution is -2.32. The Kier molecular flexibility index (Phi) is 3.44. The molecule has 2 rings (SSSR count). The molecule has 6 nitrogen and oxygen atoms in total. The minimum atomic E-state index is -0.527. The van der Waals surface area contributed by atoms with Gasteiger partial charge in [-0.1, -0.05) is 6.07 Å². The van der Waals surface area contributed by atoms with E-state index in [4.69, 9.17) is 5.26 Å². The minimum absolute atomic E-state index is 0.0338. The molecule has 1 N–H and O–H groups in total. The number of anilines is 1. The number of rotatable bonds is 3. The Bertz CT molecular complexity index is 510. The molecule has 1 aromatic carbocycles. The van der Waals surface area contributed by atoms with Gasteiger partial charge in [-0.05, 0) is 25.0 Å². The van der Waals surface area contributed by atoms with E-state index in [1.165, 1.54) is 6.07 Å². The van der Waals surface area contributed by atoms with E-state index in [0.717, 1.165) is 12.8 Å². The number of aliphatic hydroxyl groups is 1. The van der Waals surface area contributed by atoms with Crippen molar-refractivity contribution in [3.8, 4) is 6.07 Å². The van der Waals surface area contributed by atoms with Gasteiger partial charge in [0, 0.05) is 6.54 Å². The van der Waals surface area contributed by atoms with Crippen molar-refractivity contribution in [3.05, 3.63) is 33.9 Å². The summed E-state index contributed by atoms with van der Waals surface area (Å²) in [4.78, 5) is 12.4. The van der Waals surface area contributed by atoms with Crippen LogP contribution in [-0.4, -0.2) is 29.2 Å². The van der Waals surface area contributed by atoms with Crippen molar-refractivity contribution < 1.29 is 10.0 Å². The van der Waals surface area contributed by atoms with Crippen LogP contribution >= 0.6 is 0 Å². The molecular formula is C12H13N3O3. The predicted octanol–water partition coefficient (Wildman–Crippen LogP) is 1.43. The second-order valence-corrected chi connectivity index (χ2v) is 4.21. The molecule has 1 aromatic rings. The van der Waals surface area contributed by atoms with Crippen LogP contribution in [0.2, 0.25) is 0 Å². The molecular weight excluding hydrogens is 234 g/mol. The number of hydrogen-bond donors (Lipinski definition) is 1. The summed E-state index contributed by atoms with van der Waals surface area (Å²) >= 11 is 0. The topological polar surface area (TPSA) is 90.4 Å². The molecule has 1 saturated heterocycles. The Hall–Kier alpha value is -2.13. The summed E-state index contributed by atoms with van der Waals surface area (Å²) in [6.45, 7) is 0.634. The summed E-state index contributed by atoms with van der Waals surface area (Å²) in [5.41, 5.74) is 0.317. The number of para-hydroxylation sites is 1. The molecule has 1 unspecified atom stereocenters. The van der Waals surface area contributed by atoms with E-state index >= 15 is 0 Å². The van der Waals surface area contributed by atoms with Crippen LogP contribution in [0, 0.1) is 21.4 Å². The summed E-state index contributed by atoms with van der Waals surface area (Å²) in [6, 6.07) is 6.44. The molecule has 6 heteroatoms. The van der Waals surface area contributed by atoms with E-state index in [0.29, 0.717) is 12.2 Å². The number of nitro benzene ring substituents is 1. The zero-order valence-corrected chi connectivity index (χ0v) is 9.74. The maximum atomic E-state index is 11.1. The summed E-state index contributed by atoms with van der Waals surface area (Å²) in [5, 5.41) is 29.3. The molecule has 0 saturated carbocycles. The van der Waals surface area contributed by atoms with Gasteiger partial charge in [0.2, 0.25) is 0 Å². The van der Waals surface area contributed by atoms with Crippen LogP contribution in [0.25, 0.3) is 0 Å². The zero-order chi connectivity index (χ0) is 13.1. The zero-order valence-electron chi connectivity index (χ0n) is 9.74. The van der Waals surface area contributed by atoms with E-state index in [1.807, 2.05) is 11.0 Å². The Labute approximate surface area is 104 Å². The standard InChI is InChI=1S/C12H13N3O3/c13-7-9-3-1-5-11(12(9)15(17)18)14-6-2-4-10(14)8-16/h1,3,5,10,16H,2,4,6,8H2. The second kappa shape index (κ2) is 5.02. The maximum absolute atomic E-state index is 11.1. The molecule has 0 aliphatic carbocycles. The molecule has 0 amide bonds. The largest absolute Gasteiger partial charge is 0.394 e. The summed E-state index contributed by atoms with van der Waals surface area (Å²) in [5.74, 6) is 0. The third-order valence-corrected chi connectivity index (χ3v) is 3.22. The number of nitriles is 1. The number of nitro groups is 1. The van der Waals surface area contributed by atoms with Crippen LogP contribution in [-0.2, 0) is 0 Å². The van der Waals surface area contributed by atoms with Gasteiger partial charge < -0.3 is 10.0 Å². The monoisotopic (exact) mass is 247 g/mol. The van der Waals surface area contributed by atoms with E-state index in [-0.39, 0.29) is 23.9 Å². The SMILES string of the molecule is N#Cc1cccc(N2CCCC2CO)c1[N+](=O)[O-]. The van der Waals surface area contributed by atoms with Gasteiger partial charge in [-0.15, -0.1) is 0 Å². The van der Waals surface area contributed by atoms with E-state index in [9.17, 15) is 15.2 Å². The summed E-state index contributed by atoms with van der Waals surface area (Å²) in [7, 11) is 0. The number of aliphatic hydroxyl groups excluding tert-OH is 1. The highest BCUT2D eigenvalue weighted by molar-refractivity contribution is 5.70. The molecule has 18 heavy (non-hydrogen) atoms. The van der Waals surface area contributed by atoms with Gasteiger partial charge in [-0.3, -0.25) is 10.1 Å². The first-order valence-electron chi connectivity index (χ1n) is 5.74. The lowest BCUT2D eigenvalue weighted by molar-refractivity contribution is -0.384. The fourth-order valence-corrected chi connectivity index (χ4v) is 2.39. The molecule has 0 spiro atoms. The molecule has 1 aliphatic heterocycles. The third kappa shape index (κ3) is 2.00. The van der Waals surface area contributed by atoms with Gasteiger partial charge in [-0.2, -0.15) is 5.26 Å². The summed E-state index contributed by atoms with van der Waals surface area (Å²) in [6.07, 6.45) is 1.70. The normalized spacial score (nSPS) is 18.7. The van der Waals surface area contributed by atoms with E-state index < -0.39 is 4.92 Å². The minimum Gasteiger partial charge on any atom is -0.394 e. The van der Waals surface area contributed by atoms with Crippen LogP contribution in [0.4, 0.5) is 11.4 Å². The van der Waals surface area contributed by atoms with Gasteiger partial charge in [0.25, 0.3) is 0 Å². The lowest BCUT2D eigenvalue weighted by atomic mass is 10.1. The summed E-state index contributed by atoms with van der Waals surface area (Å²) < 4.78 is 0. The average Bonchev–Trinajstić information content (AvgIpc) is 2.85. The fourth-order valence-electron chi connectivity index (χ4n) is 2.39. The van der Waals surface area contributed by atoms with Crippen molar-refractivity contribution in [3.63, 3.8) is 0 Å².